The van der Waals surface area contributed by atoms with Crippen molar-refractivity contribution in [3.63, 3.8) is 0 Å². The molecule has 126 valence electrons. The molecule has 0 unspecified atom stereocenters. The molecule has 5 nitrogen and oxygen atoms in total. The second-order valence-corrected chi connectivity index (χ2v) is 5.23. The summed E-state index contributed by atoms with van der Waals surface area (Å²) in [6.45, 7) is 2.09. The smallest absolute Gasteiger partial charge is 0.310 e. The highest BCUT2D eigenvalue weighted by atomic mass is 19.1. The van der Waals surface area contributed by atoms with Crippen molar-refractivity contribution in [1.29, 1.82) is 0 Å². The van der Waals surface area contributed by atoms with Gasteiger partial charge in [0.1, 0.15) is 17.3 Å². The average molecular weight is 332 g/mol. The van der Waals surface area contributed by atoms with Gasteiger partial charge in [-0.3, -0.25) is 9.59 Å². The fourth-order valence-electron chi connectivity index (χ4n) is 2.24. The summed E-state index contributed by atoms with van der Waals surface area (Å²) in [6.07, 6.45) is 0.378. The van der Waals surface area contributed by atoms with Gasteiger partial charge in [-0.1, -0.05) is 6.92 Å². The molecule has 0 amide bonds. The highest BCUT2D eigenvalue weighted by Crippen LogP contribution is 2.30. The van der Waals surface area contributed by atoms with Gasteiger partial charge in [0.05, 0.1) is 18.6 Å². The van der Waals surface area contributed by atoms with Gasteiger partial charge in [-0.2, -0.15) is 0 Å². The van der Waals surface area contributed by atoms with E-state index in [1.54, 1.807) is 0 Å². The summed E-state index contributed by atoms with van der Waals surface area (Å²) in [5.74, 6) is -2.38. The molecule has 6 heteroatoms. The first-order valence-electron chi connectivity index (χ1n) is 7.43. The van der Waals surface area contributed by atoms with Gasteiger partial charge >= 0.3 is 5.97 Å². The Kier molecular flexibility index (Phi) is 5.52. The molecule has 0 fully saturated rings. The Morgan fingerprint density at radius 1 is 1.12 bits per heavy atom. The number of ether oxygens (including phenoxy) is 1. The summed E-state index contributed by atoms with van der Waals surface area (Å²) < 4.78 is 18.0. The maximum absolute atomic E-state index is 13.0. The summed E-state index contributed by atoms with van der Waals surface area (Å²) >= 11 is 0. The van der Waals surface area contributed by atoms with Crippen molar-refractivity contribution < 1.29 is 28.9 Å². The molecule has 0 aromatic heterocycles. The molecule has 2 aromatic rings. The van der Waals surface area contributed by atoms with E-state index in [0.29, 0.717) is 6.42 Å². The van der Waals surface area contributed by atoms with Crippen LogP contribution in [0.4, 0.5) is 4.39 Å². The zero-order valence-corrected chi connectivity index (χ0v) is 13.1. The predicted molar refractivity (Wildman–Crippen MR) is 84.6 cm³/mol. The van der Waals surface area contributed by atoms with Crippen LogP contribution in [0, 0.1) is 5.82 Å². The third-order valence-corrected chi connectivity index (χ3v) is 3.32. The zero-order valence-electron chi connectivity index (χ0n) is 13.1. The standard InChI is InChI=1S/C18H17FO5/c1-2-7-24-16(22)9-12-8-14(20)10-15(21)17(12)18(23)11-3-5-13(19)6-4-11/h3-6,8,10,20-21H,2,7,9H2,1H3. The van der Waals surface area contributed by atoms with E-state index in [1.165, 1.54) is 18.2 Å². The van der Waals surface area contributed by atoms with E-state index in [2.05, 4.69) is 0 Å². The number of phenols is 2. The van der Waals surface area contributed by atoms with Crippen LogP contribution in [-0.4, -0.2) is 28.6 Å². The van der Waals surface area contributed by atoms with Crippen LogP contribution in [0.15, 0.2) is 36.4 Å². The van der Waals surface area contributed by atoms with Crippen LogP contribution in [0.25, 0.3) is 0 Å². The van der Waals surface area contributed by atoms with Crippen molar-refractivity contribution in [2.24, 2.45) is 0 Å². The first kappa shape index (κ1) is 17.5. The number of benzene rings is 2. The molecule has 2 aromatic carbocycles. The first-order chi connectivity index (χ1) is 11.4. The Morgan fingerprint density at radius 3 is 2.42 bits per heavy atom. The van der Waals surface area contributed by atoms with Crippen LogP contribution in [-0.2, 0) is 16.0 Å². The highest BCUT2D eigenvalue weighted by molar-refractivity contribution is 6.12. The topological polar surface area (TPSA) is 83.8 Å². The molecular weight excluding hydrogens is 315 g/mol. The maximum atomic E-state index is 13.0. The number of halogens is 1. The Hall–Kier alpha value is -2.89. The molecule has 24 heavy (non-hydrogen) atoms. The lowest BCUT2D eigenvalue weighted by Gasteiger charge is -2.12. The van der Waals surface area contributed by atoms with Crippen LogP contribution in [0.3, 0.4) is 0 Å². The number of hydrogen-bond donors (Lipinski definition) is 2. The van der Waals surface area contributed by atoms with E-state index >= 15 is 0 Å². The van der Waals surface area contributed by atoms with E-state index < -0.39 is 23.3 Å². The second kappa shape index (κ2) is 7.59. The largest absolute Gasteiger partial charge is 0.508 e. The van der Waals surface area contributed by atoms with Gasteiger partial charge in [-0.05, 0) is 42.3 Å². The molecule has 0 radical (unpaired) electrons. The fraction of sp³-hybridized carbons (Fsp3) is 0.222. The van der Waals surface area contributed by atoms with Crippen LogP contribution in [0.2, 0.25) is 0 Å². The molecule has 0 heterocycles. The SMILES string of the molecule is CCCOC(=O)Cc1cc(O)cc(O)c1C(=O)c1ccc(F)cc1. The summed E-state index contributed by atoms with van der Waals surface area (Å²) in [6, 6.07) is 7.05. The molecule has 0 saturated heterocycles. The van der Waals surface area contributed by atoms with E-state index in [1.807, 2.05) is 6.92 Å². The Bertz CT molecular complexity index is 753. The van der Waals surface area contributed by atoms with Gasteiger partial charge in [0.25, 0.3) is 0 Å². The zero-order chi connectivity index (χ0) is 17.7. The maximum Gasteiger partial charge on any atom is 0.310 e. The van der Waals surface area contributed by atoms with Crippen LogP contribution >= 0.6 is 0 Å². The predicted octanol–water partition coefficient (Wildman–Crippen LogP) is 2.96. The minimum absolute atomic E-state index is 0.118. The van der Waals surface area contributed by atoms with Crippen molar-refractivity contribution in [3.8, 4) is 11.5 Å². The molecule has 2 rings (SSSR count). The number of rotatable bonds is 6. The van der Waals surface area contributed by atoms with Gasteiger partial charge in [0, 0.05) is 11.6 Å². The lowest BCUT2D eigenvalue weighted by atomic mass is 9.95. The van der Waals surface area contributed by atoms with Gasteiger partial charge in [-0.15, -0.1) is 0 Å². The van der Waals surface area contributed by atoms with Crippen molar-refractivity contribution in [1.82, 2.24) is 0 Å². The lowest BCUT2D eigenvalue weighted by molar-refractivity contribution is -0.142. The van der Waals surface area contributed by atoms with Gasteiger partial charge < -0.3 is 14.9 Å². The molecular formula is C18H17FO5. The fourth-order valence-corrected chi connectivity index (χ4v) is 2.24. The van der Waals surface area contributed by atoms with Gasteiger partial charge in [0.15, 0.2) is 5.78 Å². The van der Waals surface area contributed by atoms with Crippen molar-refractivity contribution in [3.05, 3.63) is 58.9 Å². The quantitative estimate of drug-likeness (QED) is 0.627. The Balaban J connectivity index is 2.39. The first-order valence-corrected chi connectivity index (χ1v) is 7.43. The summed E-state index contributed by atoms with van der Waals surface area (Å²) in [7, 11) is 0. The molecule has 0 aliphatic heterocycles. The van der Waals surface area contributed by atoms with Crippen LogP contribution < -0.4 is 0 Å². The molecule has 0 aliphatic carbocycles. The number of esters is 1. The average Bonchev–Trinajstić information content (AvgIpc) is 2.52. The number of carbonyl (C=O) groups is 2. The third-order valence-electron chi connectivity index (χ3n) is 3.32. The van der Waals surface area contributed by atoms with Crippen molar-refractivity contribution in [2.45, 2.75) is 19.8 Å². The number of ketones is 1. The minimum atomic E-state index is -0.578. The van der Waals surface area contributed by atoms with Crippen molar-refractivity contribution >= 4 is 11.8 Å². The molecule has 0 bridgehead atoms. The molecule has 0 aliphatic rings. The van der Waals surface area contributed by atoms with E-state index in [-0.39, 0.29) is 35.5 Å². The van der Waals surface area contributed by atoms with Crippen molar-refractivity contribution in [2.75, 3.05) is 6.61 Å². The molecule has 0 spiro atoms. The van der Waals surface area contributed by atoms with E-state index in [4.69, 9.17) is 4.74 Å². The summed E-state index contributed by atoms with van der Waals surface area (Å²) in [5.41, 5.74) is 0.177. The van der Waals surface area contributed by atoms with Gasteiger partial charge in [-0.25, -0.2) is 4.39 Å². The monoisotopic (exact) mass is 332 g/mol. The van der Waals surface area contributed by atoms with Crippen LogP contribution in [0.5, 0.6) is 11.5 Å². The second-order valence-electron chi connectivity index (χ2n) is 5.23. The minimum Gasteiger partial charge on any atom is -0.508 e. The Morgan fingerprint density at radius 2 is 1.79 bits per heavy atom. The van der Waals surface area contributed by atoms with E-state index in [0.717, 1.165) is 18.2 Å². The van der Waals surface area contributed by atoms with Gasteiger partial charge in [0.2, 0.25) is 0 Å². The number of carbonyl (C=O) groups excluding carboxylic acids is 2. The molecule has 2 N–H and O–H groups in total. The number of hydrogen-bond acceptors (Lipinski definition) is 5. The lowest BCUT2D eigenvalue weighted by Crippen LogP contribution is -2.13. The number of aromatic hydroxyl groups is 2. The van der Waals surface area contributed by atoms with Crippen LogP contribution in [0.1, 0.15) is 34.8 Å². The molecule has 0 atom stereocenters. The number of phenolic OH excluding ortho intramolecular Hbond substituents is 2. The summed E-state index contributed by atoms with van der Waals surface area (Å²) in [5, 5.41) is 19.7. The highest BCUT2D eigenvalue weighted by Gasteiger charge is 2.21. The Labute approximate surface area is 138 Å². The normalized spacial score (nSPS) is 10.4. The summed E-state index contributed by atoms with van der Waals surface area (Å²) in [4.78, 5) is 24.4. The molecule has 0 saturated carbocycles. The third kappa shape index (κ3) is 4.10. The van der Waals surface area contributed by atoms with E-state index in [9.17, 15) is 24.2 Å².